The van der Waals surface area contributed by atoms with Gasteiger partial charge in [-0.2, -0.15) is 0 Å². The summed E-state index contributed by atoms with van der Waals surface area (Å²) >= 11 is 1.30. The third-order valence-corrected chi connectivity index (χ3v) is 8.23. The van der Waals surface area contributed by atoms with Crippen molar-refractivity contribution in [1.29, 1.82) is 0 Å². The maximum atomic E-state index is 13.7. The molecule has 7 nitrogen and oxygen atoms in total. The molecule has 40 heavy (non-hydrogen) atoms. The molecular weight excluding hydrogens is 551 g/mol. The minimum atomic E-state index is -0.804. The number of carbonyl (C=O) groups is 2. The molecule has 4 rings (SSSR count). The van der Waals surface area contributed by atoms with E-state index in [0.29, 0.717) is 47.3 Å². The molecule has 2 aromatic carbocycles. The molecule has 0 atom stereocenters. The normalized spacial score (nSPS) is 14.1. The number of halogens is 1. The largest absolute Gasteiger partial charge is 0.444 e. The summed E-state index contributed by atoms with van der Waals surface area (Å²) in [6, 6.07) is 12.3. The van der Waals surface area contributed by atoms with Gasteiger partial charge in [-0.05, 0) is 80.6 Å². The summed E-state index contributed by atoms with van der Waals surface area (Å²) in [7, 11) is 3.22. The van der Waals surface area contributed by atoms with Crippen molar-refractivity contribution < 1.29 is 22.9 Å². The molecule has 0 bridgehead atoms. The van der Waals surface area contributed by atoms with Crippen LogP contribution in [-0.2, 0) is 28.1 Å². The summed E-state index contributed by atoms with van der Waals surface area (Å²) < 4.78 is 26.3. The molecule has 1 amide bonds. The van der Waals surface area contributed by atoms with Gasteiger partial charge in [0.1, 0.15) is 11.4 Å². The highest BCUT2D eigenvalue weighted by Crippen LogP contribution is 2.49. The molecule has 1 fully saturated rings. The number of benzene rings is 2. The number of amides is 1. The van der Waals surface area contributed by atoms with E-state index in [-0.39, 0.29) is 11.3 Å². The second-order valence-electron chi connectivity index (χ2n) is 10.7. The molecule has 1 N–H and O–H groups in total. The first-order chi connectivity index (χ1) is 18.9. The van der Waals surface area contributed by atoms with Gasteiger partial charge in [-0.3, -0.25) is 9.59 Å². The predicted molar refractivity (Wildman–Crippen MR) is 158 cm³/mol. The van der Waals surface area contributed by atoms with Crippen LogP contribution in [-0.4, -0.2) is 27.8 Å². The highest BCUT2D eigenvalue weighted by Gasteiger charge is 2.48. The van der Waals surface area contributed by atoms with E-state index in [9.17, 15) is 18.8 Å². The van der Waals surface area contributed by atoms with Gasteiger partial charge in [0.05, 0.1) is 23.2 Å². The maximum absolute atomic E-state index is 13.7. The standard InChI is InChI=1S/C30H33FN2O5S2/c1-6-39-40-37-18-19-7-12-22(27(35)20-8-10-21(31)11-9-20)23(15-19)24-17-33(5)26(34)16-25(24)30(13-14-30)32-28(36)38-29(2,3)4/h7-12,15-17H,6,13-14,18H2,1-5H3,(H,32,36). The third-order valence-electron chi connectivity index (χ3n) is 6.40. The zero-order valence-electron chi connectivity index (χ0n) is 23.2. The van der Waals surface area contributed by atoms with Gasteiger partial charge in [0.25, 0.3) is 5.56 Å². The monoisotopic (exact) mass is 584 g/mol. The number of ether oxygens (including phenoxy) is 1. The van der Waals surface area contributed by atoms with E-state index in [1.54, 1.807) is 50.9 Å². The number of carbonyl (C=O) groups excluding carboxylic acids is 2. The van der Waals surface area contributed by atoms with Crippen LogP contribution in [0.5, 0.6) is 0 Å². The summed E-state index contributed by atoms with van der Waals surface area (Å²) in [4.78, 5) is 39.3. The number of hydrogen-bond donors (Lipinski definition) is 1. The van der Waals surface area contributed by atoms with Crippen molar-refractivity contribution in [2.75, 3.05) is 5.75 Å². The topological polar surface area (TPSA) is 86.6 Å². The summed E-state index contributed by atoms with van der Waals surface area (Å²) in [5, 5.41) is 2.98. The third kappa shape index (κ3) is 7.16. The average molecular weight is 585 g/mol. The van der Waals surface area contributed by atoms with Gasteiger partial charge in [0, 0.05) is 41.8 Å². The summed E-state index contributed by atoms with van der Waals surface area (Å²) in [5.74, 6) is 0.175. The van der Waals surface area contributed by atoms with Gasteiger partial charge >= 0.3 is 6.09 Å². The van der Waals surface area contributed by atoms with E-state index in [0.717, 1.165) is 11.3 Å². The van der Waals surface area contributed by atoms with Crippen molar-refractivity contribution in [3.8, 4) is 11.1 Å². The van der Waals surface area contributed by atoms with Gasteiger partial charge in [-0.25, -0.2) is 9.18 Å². The summed E-state index contributed by atoms with van der Waals surface area (Å²) in [6.07, 6.45) is 2.34. The lowest BCUT2D eigenvalue weighted by Crippen LogP contribution is -2.40. The first kappa shape index (κ1) is 29.9. The van der Waals surface area contributed by atoms with Crippen molar-refractivity contribution >= 4 is 33.7 Å². The molecule has 0 radical (unpaired) electrons. The van der Waals surface area contributed by atoms with Gasteiger partial charge in [-0.15, -0.1) is 0 Å². The molecule has 1 saturated carbocycles. The maximum Gasteiger partial charge on any atom is 0.408 e. The molecule has 10 heteroatoms. The minimum absolute atomic E-state index is 0.241. The average Bonchev–Trinajstić information content (AvgIpc) is 3.67. The SMILES string of the molecule is CCSSOCc1ccc(C(=O)c2ccc(F)cc2)c(-c2cn(C)c(=O)cc2C2(NC(=O)OC(C)(C)C)CC2)c1. The Kier molecular flexibility index (Phi) is 9.12. The number of aryl methyl sites for hydroxylation is 1. The zero-order valence-corrected chi connectivity index (χ0v) is 24.8. The number of alkyl carbamates (subject to hydrolysis) is 1. The second kappa shape index (κ2) is 12.2. The molecule has 1 aromatic heterocycles. The summed E-state index contributed by atoms with van der Waals surface area (Å²) in [6.45, 7) is 7.70. The first-order valence-electron chi connectivity index (χ1n) is 13.0. The predicted octanol–water partition coefficient (Wildman–Crippen LogP) is 6.77. The van der Waals surface area contributed by atoms with E-state index < -0.39 is 23.1 Å². The Hall–Kier alpha value is -3.08. The molecule has 1 aliphatic carbocycles. The van der Waals surface area contributed by atoms with Gasteiger partial charge in [0.15, 0.2) is 5.78 Å². The smallest absolute Gasteiger partial charge is 0.408 e. The number of pyridine rings is 1. The van der Waals surface area contributed by atoms with Crippen LogP contribution in [0.15, 0.2) is 59.5 Å². The van der Waals surface area contributed by atoms with Crippen LogP contribution in [0.1, 0.15) is 67.6 Å². The first-order valence-corrected chi connectivity index (χ1v) is 15.2. The van der Waals surface area contributed by atoms with Crippen LogP contribution in [0.2, 0.25) is 0 Å². The Labute approximate surface area is 241 Å². The second-order valence-corrected chi connectivity index (χ2v) is 13.0. The molecule has 1 heterocycles. The van der Waals surface area contributed by atoms with Crippen LogP contribution >= 0.6 is 21.9 Å². The molecule has 3 aromatic rings. The number of aromatic nitrogens is 1. The number of rotatable bonds is 10. The number of nitrogens with one attached hydrogen (secondary N) is 1. The lowest BCUT2D eigenvalue weighted by atomic mass is 9.88. The zero-order chi connectivity index (χ0) is 29.1. The van der Waals surface area contributed by atoms with Gasteiger partial charge in [0.2, 0.25) is 0 Å². The van der Waals surface area contributed by atoms with E-state index >= 15 is 0 Å². The number of hydrogen-bond acceptors (Lipinski definition) is 7. The van der Waals surface area contributed by atoms with Crippen LogP contribution in [0.4, 0.5) is 9.18 Å². The van der Waals surface area contributed by atoms with Crippen LogP contribution in [0.3, 0.4) is 0 Å². The van der Waals surface area contributed by atoms with Crippen molar-refractivity contribution in [2.24, 2.45) is 7.05 Å². The Morgan fingerprint density at radius 3 is 2.40 bits per heavy atom. The Morgan fingerprint density at radius 1 is 1.07 bits per heavy atom. The van der Waals surface area contributed by atoms with E-state index in [2.05, 4.69) is 5.32 Å². The Bertz CT molecular complexity index is 1460. The van der Waals surface area contributed by atoms with Crippen molar-refractivity contribution in [3.05, 3.63) is 93.2 Å². The van der Waals surface area contributed by atoms with Crippen molar-refractivity contribution in [1.82, 2.24) is 9.88 Å². The van der Waals surface area contributed by atoms with E-state index in [1.165, 1.54) is 46.0 Å². The lowest BCUT2D eigenvalue weighted by molar-refractivity contribution is 0.0495. The molecule has 0 saturated heterocycles. The quantitative estimate of drug-likeness (QED) is 0.122. The van der Waals surface area contributed by atoms with Crippen LogP contribution in [0.25, 0.3) is 11.1 Å². The minimum Gasteiger partial charge on any atom is -0.444 e. The number of nitrogens with zero attached hydrogens (tertiary/aromatic N) is 1. The highest BCUT2D eigenvalue weighted by molar-refractivity contribution is 8.74. The Morgan fingerprint density at radius 2 is 1.77 bits per heavy atom. The molecular formula is C30H33FN2O5S2. The van der Waals surface area contributed by atoms with E-state index in [1.807, 2.05) is 19.1 Å². The van der Waals surface area contributed by atoms with Crippen LogP contribution in [0, 0.1) is 5.82 Å². The highest BCUT2D eigenvalue weighted by atomic mass is 33.1. The molecule has 212 valence electrons. The molecule has 0 spiro atoms. The van der Waals surface area contributed by atoms with Gasteiger partial charge in [-0.1, -0.05) is 29.9 Å². The molecule has 0 aliphatic heterocycles. The lowest BCUT2D eigenvalue weighted by Gasteiger charge is -2.26. The Balaban J connectivity index is 1.83. The van der Waals surface area contributed by atoms with Gasteiger partial charge < -0.3 is 18.8 Å². The summed E-state index contributed by atoms with van der Waals surface area (Å²) in [5.41, 5.74) is 1.66. The molecule has 0 unspecified atom stereocenters. The van der Waals surface area contributed by atoms with Crippen molar-refractivity contribution in [3.63, 3.8) is 0 Å². The van der Waals surface area contributed by atoms with Crippen molar-refractivity contribution in [2.45, 2.75) is 58.3 Å². The van der Waals surface area contributed by atoms with Crippen LogP contribution < -0.4 is 10.9 Å². The fourth-order valence-corrected chi connectivity index (χ4v) is 5.34. The number of ketones is 1. The fraction of sp³-hybridized carbons (Fsp3) is 0.367. The molecule has 1 aliphatic rings. The van der Waals surface area contributed by atoms with E-state index in [4.69, 9.17) is 8.92 Å². The fourth-order valence-electron chi connectivity index (χ4n) is 4.36.